The summed E-state index contributed by atoms with van der Waals surface area (Å²) in [6.45, 7) is 5.03. The van der Waals surface area contributed by atoms with Crippen molar-refractivity contribution < 1.29 is 9.84 Å². The topological polar surface area (TPSA) is 32.7 Å². The molecule has 3 heteroatoms. The highest BCUT2D eigenvalue weighted by Crippen LogP contribution is 2.21. The molecule has 3 nitrogen and oxygen atoms in total. The molecule has 2 unspecified atom stereocenters. The Kier molecular flexibility index (Phi) is 2.86. The number of aliphatic hydroxyl groups excluding tert-OH is 1. The van der Waals surface area contributed by atoms with Crippen molar-refractivity contribution in [2.45, 2.75) is 44.5 Å². The molecule has 2 rings (SSSR count). The van der Waals surface area contributed by atoms with Crippen molar-refractivity contribution in [1.82, 2.24) is 4.90 Å². The Bertz CT molecular complexity index is 156. The van der Waals surface area contributed by atoms with Crippen molar-refractivity contribution >= 4 is 0 Å². The molecule has 2 aliphatic rings. The molecule has 0 aromatic carbocycles. The number of hydrogen-bond acceptors (Lipinski definition) is 3. The number of likely N-dealkylation sites (tertiary alicyclic amines) is 1. The van der Waals surface area contributed by atoms with Crippen LogP contribution in [0.1, 0.15) is 26.2 Å². The Hall–Kier alpha value is -0.120. The molecule has 2 heterocycles. The van der Waals surface area contributed by atoms with Gasteiger partial charge in [-0.25, -0.2) is 0 Å². The summed E-state index contributed by atoms with van der Waals surface area (Å²) in [7, 11) is 0. The summed E-state index contributed by atoms with van der Waals surface area (Å²) in [5.41, 5.74) is 0. The fraction of sp³-hybridized carbons (Fsp3) is 1.00. The van der Waals surface area contributed by atoms with Crippen LogP contribution in [-0.2, 0) is 4.74 Å². The maximum atomic E-state index is 9.34. The van der Waals surface area contributed by atoms with E-state index in [-0.39, 0.29) is 6.10 Å². The van der Waals surface area contributed by atoms with Crippen LogP contribution in [0.4, 0.5) is 0 Å². The molecule has 0 saturated carbocycles. The summed E-state index contributed by atoms with van der Waals surface area (Å²) < 4.78 is 5.74. The van der Waals surface area contributed by atoms with Crippen LogP contribution in [0.25, 0.3) is 0 Å². The molecule has 0 aliphatic carbocycles. The molecule has 2 saturated heterocycles. The van der Waals surface area contributed by atoms with Crippen molar-refractivity contribution in [2.24, 2.45) is 0 Å². The van der Waals surface area contributed by atoms with Crippen LogP contribution in [0.3, 0.4) is 0 Å². The third kappa shape index (κ3) is 2.42. The Morgan fingerprint density at radius 2 is 2.23 bits per heavy atom. The van der Waals surface area contributed by atoms with E-state index in [1.165, 1.54) is 12.8 Å². The number of β-amino-alcohol motifs (C(OH)–C–C–N with tert-alkyl or cyclic N) is 1. The molecule has 0 radical (unpaired) electrons. The van der Waals surface area contributed by atoms with E-state index in [9.17, 15) is 5.11 Å². The molecule has 2 fully saturated rings. The summed E-state index contributed by atoms with van der Waals surface area (Å²) >= 11 is 0. The zero-order valence-corrected chi connectivity index (χ0v) is 8.28. The predicted octanol–water partition coefficient (Wildman–Crippen LogP) is 0.620. The standard InChI is InChI=1S/C10H19NO2/c1-8-2-3-10(13-8)7-11-5-4-9(12)6-11/h8-10,12H,2-7H2,1H3/t8?,9-,10?/m1/s1. The van der Waals surface area contributed by atoms with Crippen molar-refractivity contribution in [1.29, 1.82) is 0 Å². The monoisotopic (exact) mass is 185 g/mol. The number of ether oxygens (including phenoxy) is 1. The molecular formula is C10H19NO2. The maximum absolute atomic E-state index is 9.34. The zero-order valence-electron chi connectivity index (χ0n) is 8.28. The van der Waals surface area contributed by atoms with E-state index in [2.05, 4.69) is 11.8 Å². The minimum Gasteiger partial charge on any atom is -0.392 e. The lowest BCUT2D eigenvalue weighted by atomic mass is 10.2. The molecule has 2 aliphatic heterocycles. The van der Waals surface area contributed by atoms with Gasteiger partial charge in [-0.15, -0.1) is 0 Å². The lowest BCUT2D eigenvalue weighted by Gasteiger charge is -2.19. The Balaban J connectivity index is 1.72. The molecule has 1 N–H and O–H groups in total. The zero-order chi connectivity index (χ0) is 9.26. The van der Waals surface area contributed by atoms with E-state index in [4.69, 9.17) is 4.74 Å². The van der Waals surface area contributed by atoms with E-state index < -0.39 is 0 Å². The summed E-state index contributed by atoms with van der Waals surface area (Å²) in [6.07, 6.45) is 4.08. The molecule has 0 amide bonds. The average molecular weight is 185 g/mol. The summed E-state index contributed by atoms with van der Waals surface area (Å²) in [6, 6.07) is 0. The van der Waals surface area contributed by atoms with Gasteiger partial charge in [0, 0.05) is 19.6 Å². The van der Waals surface area contributed by atoms with Gasteiger partial charge in [-0.3, -0.25) is 4.90 Å². The molecule has 0 aromatic heterocycles. The SMILES string of the molecule is CC1CCC(CN2CC[C@@H](O)C2)O1. The Morgan fingerprint density at radius 3 is 2.77 bits per heavy atom. The van der Waals surface area contributed by atoms with Gasteiger partial charge in [0.05, 0.1) is 18.3 Å². The van der Waals surface area contributed by atoms with Gasteiger partial charge in [0.1, 0.15) is 0 Å². The van der Waals surface area contributed by atoms with E-state index in [0.29, 0.717) is 12.2 Å². The fourth-order valence-corrected chi connectivity index (χ4v) is 2.29. The van der Waals surface area contributed by atoms with Crippen LogP contribution >= 0.6 is 0 Å². The van der Waals surface area contributed by atoms with Gasteiger partial charge in [-0.2, -0.15) is 0 Å². The van der Waals surface area contributed by atoms with Gasteiger partial charge in [0.25, 0.3) is 0 Å². The highest BCUT2D eigenvalue weighted by Gasteiger charge is 2.27. The van der Waals surface area contributed by atoms with Gasteiger partial charge in [-0.05, 0) is 26.2 Å². The summed E-state index contributed by atoms with van der Waals surface area (Å²) in [5.74, 6) is 0. The third-order valence-electron chi connectivity index (χ3n) is 3.03. The van der Waals surface area contributed by atoms with Crippen LogP contribution in [0.2, 0.25) is 0 Å². The first-order chi connectivity index (χ1) is 6.24. The highest BCUT2D eigenvalue weighted by molar-refractivity contribution is 4.80. The summed E-state index contributed by atoms with van der Waals surface area (Å²) in [4.78, 5) is 2.31. The third-order valence-corrected chi connectivity index (χ3v) is 3.03. The second kappa shape index (κ2) is 3.95. The molecule has 0 spiro atoms. The van der Waals surface area contributed by atoms with E-state index in [1.807, 2.05) is 0 Å². The minimum atomic E-state index is -0.0983. The lowest BCUT2D eigenvalue weighted by Crippen LogP contribution is -2.31. The van der Waals surface area contributed by atoms with Gasteiger partial charge >= 0.3 is 0 Å². The second-order valence-corrected chi connectivity index (χ2v) is 4.35. The number of hydrogen-bond donors (Lipinski definition) is 1. The normalized spacial score (nSPS) is 41.5. The Morgan fingerprint density at radius 1 is 1.38 bits per heavy atom. The molecule has 76 valence electrons. The van der Waals surface area contributed by atoms with Crippen LogP contribution in [0.15, 0.2) is 0 Å². The largest absolute Gasteiger partial charge is 0.392 e. The van der Waals surface area contributed by atoms with Gasteiger partial charge in [0.15, 0.2) is 0 Å². The quantitative estimate of drug-likeness (QED) is 0.684. The maximum Gasteiger partial charge on any atom is 0.0706 e. The van der Waals surface area contributed by atoms with Gasteiger partial charge in [0.2, 0.25) is 0 Å². The highest BCUT2D eigenvalue weighted by atomic mass is 16.5. The van der Waals surface area contributed by atoms with Crippen molar-refractivity contribution in [3.8, 4) is 0 Å². The molecule has 0 aromatic rings. The summed E-state index contributed by atoms with van der Waals surface area (Å²) in [5, 5.41) is 9.34. The fourth-order valence-electron chi connectivity index (χ4n) is 2.29. The van der Waals surface area contributed by atoms with E-state index >= 15 is 0 Å². The van der Waals surface area contributed by atoms with E-state index in [1.54, 1.807) is 0 Å². The number of rotatable bonds is 2. The molecule has 3 atom stereocenters. The smallest absolute Gasteiger partial charge is 0.0706 e. The van der Waals surface area contributed by atoms with Gasteiger partial charge < -0.3 is 9.84 Å². The molecule has 0 bridgehead atoms. The van der Waals surface area contributed by atoms with Crippen LogP contribution < -0.4 is 0 Å². The van der Waals surface area contributed by atoms with Crippen LogP contribution in [-0.4, -0.2) is 48.0 Å². The molecular weight excluding hydrogens is 166 g/mol. The van der Waals surface area contributed by atoms with Crippen molar-refractivity contribution in [3.05, 3.63) is 0 Å². The first-order valence-corrected chi connectivity index (χ1v) is 5.30. The lowest BCUT2D eigenvalue weighted by molar-refractivity contribution is 0.0337. The van der Waals surface area contributed by atoms with Crippen molar-refractivity contribution in [3.63, 3.8) is 0 Å². The van der Waals surface area contributed by atoms with Crippen LogP contribution in [0.5, 0.6) is 0 Å². The predicted molar refractivity (Wildman–Crippen MR) is 50.6 cm³/mol. The van der Waals surface area contributed by atoms with Gasteiger partial charge in [-0.1, -0.05) is 0 Å². The second-order valence-electron chi connectivity index (χ2n) is 4.35. The van der Waals surface area contributed by atoms with Crippen LogP contribution in [0, 0.1) is 0 Å². The number of aliphatic hydroxyl groups is 1. The van der Waals surface area contributed by atoms with E-state index in [0.717, 1.165) is 26.1 Å². The van der Waals surface area contributed by atoms with Crippen molar-refractivity contribution in [2.75, 3.05) is 19.6 Å². The first kappa shape index (κ1) is 9.44. The Labute approximate surface area is 79.7 Å². The first-order valence-electron chi connectivity index (χ1n) is 5.30. The molecule has 13 heavy (non-hydrogen) atoms. The average Bonchev–Trinajstić information content (AvgIpc) is 2.62. The minimum absolute atomic E-state index is 0.0983. The number of nitrogens with zero attached hydrogens (tertiary/aromatic N) is 1.